The van der Waals surface area contributed by atoms with Gasteiger partial charge in [-0.1, -0.05) is 12.1 Å². The molecule has 0 atom stereocenters. The molecule has 1 saturated carbocycles. The second kappa shape index (κ2) is 6.52. The van der Waals surface area contributed by atoms with Crippen molar-refractivity contribution < 1.29 is 14.7 Å². The molecule has 114 valence electrons. The third-order valence-electron chi connectivity index (χ3n) is 4.00. The van der Waals surface area contributed by atoms with Crippen LogP contribution in [0.3, 0.4) is 0 Å². The minimum absolute atomic E-state index is 0.0279. The molecule has 0 unspecified atom stereocenters. The van der Waals surface area contributed by atoms with E-state index in [2.05, 4.69) is 5.32 Å². The van der Waals surface area contributed by atoms with E-state index in [-0.39, 0.29) is 17.7 Å². The first-order chi connectivity index (χ1) is 9.92. The van der Waals surface area contributed by atoms with Gasteiger partial charge in [0.15, 0.2) is 0 Å². The highest BCUT2D eigenvalue weighted by molar-refractivity contribution is 8.00. The second-order valence-electron chi connectivity index (χ2n) is 5.86. The van der Waals surface area contributed by atoms with Gasteiger partial charge in [-0.05, 0) is 55.1 Å². The van der Waals surface area contributed by atoms with Crippen LogP contribution in [-0.2, 0) is 9.59 Å². The summed E-state index contributed by atoms with van der Waals surface area (Å²) in [5.74, 6) is 0.349. The van der Waals surface area contributed by atoms with Gasteiger partial charge in [-0.25, -0.2) is 0 Å². The van der Waals surface area contributed by atoms with Gasteiger partial charge in [0.2, 0.25) is 5.91 Å². The number of carbonyl (C=O) groups excluding carboxylic acids is 1. The zero-order valence-corrected chi connectivity index (χ0v) is 13.3. The molecule has 0 spiro atoms. The standard InChI is InChI=1S/C16H21NO3S/c1-11-4-3-5-13(12(11)2)17-14(18)9-21-10-16(6-7-16)8-15(19)20/h3-5H,6-10H2,1-2H3,(H,17,18)(H,19,20). The molecule has 1 aliphatic carbocycles. The van der Waals surface area contributed by atoms with E-state index in [1.54, 1.807) is 0 Å². The zero-order chi connectivity index (χ0) is 15.5. The second-order valence-corrected chi connectivity index (χ2v) is 6.84. The summed E-state index contributed by atoms with van der Waals surface area (Å²) >= 11 is 1.53. The lowest BCUT2D eigenvalue weighted by molar-refractivity contribution is -0.138. The molecular weight excluding hydrogens is 286 g/mol. The maximum atomic E-state index is 12.0. The number of carboxylic acids is 1. The average Bonchev–Trinajstić information content (AvgIpc) is 3.14. The SMILES string of the molecule is Cc1cccc(NC(=O)CSCC2(CC(=O)O)CC2)c1C. The number of benzene rings is 1. The van der Waals surface area contributed by atoms with Crippen molar-refractivity contribution in [3.8, 4) is 0 Å². The lowest BCUT2D eigenvalue weighted by atomic mass is 10.1. The van der Waals surface area contributed by atoms with E-state index in [0.29, 0.717) is 5.75 Å². The van der Waals surface area contributed by atoms with Crippen molar-refractivity contribution in [1.82, 2.24) is 0 Å². The summed E-state index contributed by atoms with van der Waals surface area (Å²) in [5, 5.41) is 11.8. The fraction of sp³-hybridized carbons (Fsp3) is 0.500. The van der Waals surface area contributed by atoms with E-state index in [4.69, 9.17) is 5.11 Å². The molecule has 0 aliphatic heterocycles. The Bertz CT molecular complexity index is 552. The van der Waals surface area contributed by atoms with Crippen molar-refractivity contribution in [2.24, 2.45) is 5.41 Å². The third-order valence-corrected chi connectivity index (χ3v) is 5.29. The van der Waals surface area contributed by atoms with Crippen molar-refractivity contribution in [3.05, 3.63) is 29.3 Å². The summed E-state index contributed by atoms with van der Waals surface area (Å²) in [6.07, 6.45) is 2.15. The first kappa shape index (κ1) is 15.9. The van der Waals surface area contributed by atoms with Crippen LogP contribution in [0.2, 0.25) is 0 Å². The molecule has 21 heavy (non-hydrogen) atoms. The van der Waals surface area contributed by atoms with Crippen molar-refractivity contribution in [3.63, 3.8) is 0 Å². The summed E-state index contributed by atoms with van der Waals surface area (Å²) < 4.78 is 0. The first-order valence-corrected chi connectivity index (χ1v) is 8.23. The molecule has 1 fully saturated rings. The monoisotopic (exact) mass is 307 g/mol. The molecule has 1 aliphatic rings. The van der Waals surface area contributed by atoms with Crippen molar-refractivity contribution >= 4 is 29.3 Å². The van der Waals surface area contributed by atoms with Crippen LogP contribution in [-0.4, -0.2) is 28.5 Å². The van der Waals surface area contributed by atoms with Crippen LogP contribution in [0.15, 0.2) is 18.2 Å². The molecule has 2 N–H and O–H groups in total. The van der Waals surface area contributed by atoms with Crippen LogP contribution in [0.25, 0.3) is 0 Å². The number of nitrogens with one attached hydrogen (secondary N) is 1. The molecule has 0 aromatic heterocycles. The van der Waals surface area contributed by atoms with Gasteiger partial charge in [0.05, 0.1) is 12.2 Å². The van der Waals surface area contributed by atoms with Gasteiger partial charge in [0.25, 0.3) is 0 Å². The fourth-order valence-corrected chi connectivity index (χ4v) is 3.49. The fourth-order valence-electron chi connectivity index (χ4n) is 2.30. The van der Waals surface area contributed by atoms with Gasteiger partial charge in [0.1, 0.15) is 0 Å². The number of thioether (sulfide) groups is 1. The normalized spacial score (nSPS) is 15.5. The number of aliphatic carboxylic acids is 1. The number of carboxylic acid groups (broad SMARTS) is 1. The predicted molar refractivity (Wildman–Crippen MR) is 85.8 cm³/mol. The molecule has 4 nitrogen and oxygen atoms in total. The van der Waals surface area contributed by atoms with Gasteiger partial charge >= 0.3 is 5.97 Å². The number of carbonyl (C=O) groups is 2. The van der Waals surface area contributed by atoms with E-state index in [9.17, 15) is 9.59 Å². The van der Waals surface area contributed by atoms with E-state index >= 15 is 0 Å². The quantitative estimate of drug-likeness (QED) is 0.811. The Morgan fingerprint density at radius 1 is 1.33 bits per heavy atom. The average molecular weight is 307 g/mol. The molecule has 2 rings (SSSR count). The number of anilines is 1. The van der Waals surface area contributed by atoms with Gasteiger partial charge in [-0.3, -0.25) is 9.59 Å². The van der Waals surface area contributed by atoms with Crippen LogP contribution in [0.4, 0.5) is 5.69 Å². The molecule has 0 radical (unpaired) electrons. The highest BCUT2D eigenvalue weighted by atomic mass is 32.2. The smallest absolute Gasteiger partial charge is 0.303 e. The highest BCUT2D eigenvalue weighted by Crippen LogP contribution is 2.50. The largest absolute Gasteiger partial charge is 0.481 e. The van der Waals surface area contributed by atoms with E-state index < -0.39 is 5.97 Å². The Hall–Kier alpha value is -1.49. The van der Waals surface area contributed by atoms with Gasteiger partial charge in [0, 0.05) is 5.69 Å². The number of amides is 1. The van der Waals surface area contributed by atoms with Crippen LogP contribution in [0.5, 0.6) is 0 Å². The van der Waals surface area contributed by atoms with Crippen LogP contribution >= 0.6 is 11.8 Å². The molecular formula is C16H21NO3S. The summed E-state index contributed by atoms with van der Waals surface area (Å²) in [7, 11) is 0. The molecule has 0 bridgehead atoms. The van der Waals surface area contributed by atoms with Gasteiger partial charge in [-0.2, -0.15) is 11.8 Å². The molecule has 0 heterocycles. The highest BCUT2D eigenvalue weighted by Gasteiger charge is 2.44. The van der Waals surface area contributed by atoms with Gasteiger partial charge < -0.3 is 10.4 Å². The topological polar surface area (TPSA) is 66.4 Å². The number of hydrogen-bond acceptors (Lipinski definition) is 3. The van der Waals surface area contributed by atoms with Crippen LogP contribution in [0.1, 0.15) is 30.4 Å². The Morgan fingerprint density at radius 3 is 2.67 bits per heavy atom. The lowest BCUT2D eigenvalue weighted by Gasteiger charge is -2.13. The number of rotatable bonds is 7. The Labute approximate surface area is 129 Å². The number of aryl methyl sites for hydroxylation is 1. The van der Waals surface area contributed by atoms with Crippen molar-refractivity contribution in [2.75, 3.05) is 16.8 Å². The summed E-state index contributed by atoms with van der Waals surface area (Å²) in [4.78, 5) is 22.7. The summed E-state index contributed by atoms with van der Waals surface area (Å²) in [6, 6.07) is 5.84. The molecule has 0 saturated heterocycles. The van der Waals surface area contributed by atoms with Gasteiger partial charge in [-0.15, -0.1) is 0 Å². The minimum Gasteiger partial charge on any atom is -0.481 e. The lowest BCUT2D eigenvalue weighted by Crippen LogP contribution is -2.17. The molecule has 1 amide bonds. The van der Waals surface area contributed by atoms with Crippen molar-refractivity contribution in [2.45, 2.75) is 33.1 Å². The molecule has 5 heteroatoms. The van der Waals surface area contributed by atoms with Crippen LogP contribution < -0.4 is 5.32 Å². The Balaban J connectivity index is 1.78. The molecule has 1 aromatic carbocycles. The number of hydrogen-bond donors (Lipinski definition) is 2. The van der Waals surface area contributed by atoms with E-state index in [0.717, 1.165) is 35.4 Å². The summed E-state index contributed by atoms with van der Waals surface area (Å²) in [6.45, 7) is 4.01. The zero-order valence-electron chi connectivity index (χ0n) is 12.4. The Kier molecular flexibility index (Phi) is 4.93. The van der Waals surface area contributed by atoms with E-state index in [1.807, 2.05) is 32.0 Å². The first-order valence-electron chi connectivity index (χ1n) is 7.07. The maximum absolute atomic E-state index is 12.0. The third kappa shape index (κ3) is 4.49. The maximum Gasteiger partial charge on any atom is 0.303 e. The molecule has 1 aromatic rings. The summed E-state index contributed by atoms with van der Waals surface area (Å²) in [5.41, 5.74) is 3.03. The predicted octanol–water partition coefficient (Wildman–Crippen LogP) is 3.23. The van der Waals surface area contributed by atoms with E-state index in [1.165, 1.54) is 11.8 Å². The van der Waals surface area contributed by atoms with Crippen LogP contribution in [0, 0.1) is 19.3 Å². The van der Waals surface area contributed by atoms with Crippen molar-refractivity contribution in [1.29, 1.82) is 0 Å². The minimum atomic E-state index is -0.743. The Morgan fingerprint density at radius 2 is 2.05 bits per heavy atom.